The minimum absolute atomic E-state index is 0.507. The van der Waals surface area contributed by atoms with Crippen LogP contribution >= 0.6 is 0 Å². The molecule has 2 aromatic rings. The fourth-order valence-corrected chi connectivity index (χ4v) is 1.54. The molecule has 0 aromatic carbocycles. The fraction of sp³-hybridized carbons (Fsp3) is 0.250. The van der Waals surface area contributed by atoms with Crippen molar-refractivity contribution in [3.8, 4) is 0 Å². The second-order valence-electron chi connectivity index (χ2n) is 3.82. The Morgan fingerprint density at radius 2 is 2.00 bits per heavy atom. The number of aromatic nitrogens is 3. The van der Waals surface area contributed by atoms with Crippen LogP contribution in [0.25, 0.3) is 0 Å². The Morgan fingerprint density at radius 3 is 2.69 bits per heavy atom. The molecule has 0 aliphatic rings. The topological polar surface area (TPSA) is 64.7 Å². The highest BCUT2D eigenvalue weighted by atomic mass is 15.1. The number of nitrogens with two attached hydrogens (primary N) is 1. The minimum Gasteiger partial charge on any atom is -0.382 e. The van der Waals surface area contributed by atoms with Crippen LogP contribution in [0.2, 0.25) is 0 Å². The highest BCUT2D eigenvalue weighted by Gasteiger charge is 2.07. The van der Waals surface area contributed by atoms with Gasteiger partial charge in [0.1, 0.15) is 5.82 Å². The molecule has 0 saturated heterocycles. The van der Waals surface area contributed by atoms with Gasteiger partial charge in [-0.15, -0.1) is 5.10 Å². The Balaban J connectivity index is 2.33. The van der Waals surface area contributed by atoms with E-state index in [1.807, 2.05) is 32.2 Å². The zero-order chi connectivity index (χ0) is 11.5. The maximum atomic E-state index is 5.70. The first-order valence-electron chi connectivity index (χ1n) is 5.15. The summed E-state index contributed by atoms with van der Waals surface area (Å²) in [6.45, 7) is 3.98. The molecule has 0 spiro atoms. The molecule has 0 aliphatic heterocycles. The standard InChI is InChI=1S/C12H14N4/c1-8-9(2)12(13)16-15-11(8)6-10-4-3-5-14-7-10/h3-5,7H,6H2,1-2H3,(H2,13,16). The summed E-state index contributed by atoms with van der Waals surface area (Å²) in [6.07, 6.45) is 4.34. The molecule has 0 atom stereocenters. The van der Waals surface area contributed by atoms with Gasteiger partial charge in [-0.3, -0.25) is 4.98 Å². The molecule has 0 amide bonds. The van der Waals surface area contributed by atoms with Crippen molar-refractivity contribution in [2.45, 2.75) is 20.3 Å². The summed E-state index contributed by atoms with van der Waals surface area (Å²) >= 11 is 0. The highest BCUT2D eigenvalue weighted by molar-refractivity contribution is 5.44. The lowest BCUT2D eigenvalue weighted by atomic mass is 10.0. The van der Waals surface area contributed by atoms with Crippen molar-refractivity contribution < 1.29 is 0 Å². The molecule has 82 valence electrons. The number of rotatable bonds is 2. The molecule has 0 radical (unpaired) electrons. The van der Waals surface area contributed by atoms with Crippen LogP contribution < -0.4 is 5.73 Å². The summed E-state index contributed by atoms with van der Waals surface area (Å²) in [5, 5.41) is 8.07. The maximum Gasteiger partial charge on any atom is 0.149 e. The summed E-state index contributed by atoms with van der Waals surface area (Å²) in [5.41, 5.74) is 9.90. The van der Waals surface area contributed by atoms with Gasteiger partial charge in [0.15, 0.2) is 0 Å². The number of hydrogen-bond donors (Lipinski definition) is 1. The second kappa shape index (κ2) is 4.26. The number of nitrogens with zero attached hydrogens (tertiary/aromatic N) is 3. The minimum atomic E-state index is 0.507. The van der Waals surface area contributed by atoms with E-state index in [-0.39, 0.29) is 0 Å². The molecular weight excluding hydrogens is 200 g/mol. The summed E-state index contributed by atoms with van der Waals surface area (Å²) in [5.74, 6) is 0.507. The first-order valence-corrected chi connectivity index (χ1v) is 5.15. The van der Waals surface area contributed by atoms with Gasteiger partial charge in [-0.2, -0.15) is 5.10 Å². The molecule has 4 heteroatoms. The second-order valence-corrected chi connectivity index (χ2v) is 3.82. The number of nitrogen functional groups attached to an aromatic ring is 1. The van der Waals surface area contributed by atoms with Crippen LogP contribution in [0.1, 0.15) is 22.4 Å². The average molecular weight is 214 g/mol. The molecule has 0 fully saturated rings. The van der Waals surface area contributed by atoms with Crippen LogP contribution in [-0.2, 0) is 6.42 Å². The molecule has 4 nitrogen and oxygen atoms in total. The van der Waals surface area contributed by atoms with Gasteiger partial charge >= 0.3 is 0 Å². The Morgan fingerprint density at radius 1 is 1.19 bits per heavy atom. The van der Waals surface area contributed by atoms with Crippen molar-refractivity contribution in [1.82, 2.24) is 15.2 Å². The summed E-state index contributed by atoms with van der Waals surface area (Å²) in [7, 11) is 0. The van der Waals surface area contributed by atoms with Gasteiger partial charge in [0.05, 0.1) is 5.69 Å². The molecule has 0 unspecified atom stereocenters. The molecular formula is C12H14N4. The van der Waals surface area contributed by atoms with Gasteiger partial charge in [0.25, 0.3) is 0 Å². The van der Waals surface area contributed by atoms with Gasteiger partial charge in [-0.05, 0) is 36.6 Å². The maximum absolute atomic E-state index is 5.70. The average Bonchev–Trinajstić information content (AvgIpc) is 2.31. The largest absolute Gasteiger partial charge is 0.382 e. The van der Waals surface area contributed by atoms with Crippen LogP contribution in [0.4, 0.5) is 5.82 Å². The third kappa shape index (κ3) is 2.00. The van der Waals surface area contributed by atoms with Crippen molar-refractivity contribution in [2.24, 2.45) is 0 Å². The Hall–Kier alpha value is -1.97. The van der Waals surface area contributed by atoms with E-state index >= 15 is 0 Å². The SMILES string of the molecule is Cc1c(N)nnc(Cc2cccnc2)c1C. The molecule has 0 bridgehead atoms. The van der Waals surface area contributed by atoms with Gasteiger partial charge in [0.2, 0.25) is 0 Å². The van der Waals surface area contributed by atoms with E-state index in [1.54, 1.807) is 6.20 Å². The number of pyridine rings is 1. The summed E-state index contributed by atoms with van der Waals surface area (Å²) in [4.78, 5) is 4.08. The number of hydrogen-bond acceptors (Lipinski definition) is 4. The summed E-state index contributed by atoms with van der Waals surface area (Å²) in [6, 6.07) is 3.95. The molecule has 2 aromatic heterocycles. The smallest absolute Gasteiger partial charge is 0.149 e. The molecule has 2 rings (SSSR count). The quantitative estimate of drug-likeness (QED) is 0.825. The molecule has 2 heterocycles. The lowest BCUT2D eigenvalue weighted by Crippen LogP contribution is -2.05. The summed E-state index contributed by atoms with van der Waals surface area (Å²) < 4.78 is 0. The lowest BCUT2D eigenvalue weighted by molar-refractivity contribution is 0.910. The monoisotopic (exact) mass is 214 g/mol. The van der Waals surface area contributed by atoms with Crippen molar-refractivity contribution in [1.29, 1.82) is 0 Å². The van der Waals surface area contributed by atoms with Crippen molar-refractivity contribution in [3.63, 3.8) is 0 Å². The third-order valence-electron chi connectivity index (χ3n) is 2.75. The van der Waals surface area contributed by atoms with Gasteiger partial charge in [-0.25, -0.2) is 0 Å². The van der Waals surface area contributed by atoms with Crippen molar-refractivity contribution >= 4 is 5.82 Å². The molecule has 0 aliphatic carbocycles. The molecule has 2 N–H and O–H groups in total. The predicted molar refractivity (Wildman–Crippen MR) is 63.0 cm³/mol. The lowest BCUT2D eigenvalue weighted by Gasteiger charge is -2.08. The first-order chi connectivity index (χ1) is 7.68. The normalized spacial score (nSPS) is 10.4. The predicted octanol–water partition coefficient (Wildman–Crippen LogP) is 1.66. The van der Waals surface area contributed by atoms with Crippen molar-refractivity contribution in [2.75, 3.05) is 5.73 Å². The van der Waals surface area contributed by atoms with Crippen LogP contribution in [0, 0.1) is 13.8 Å². The van der Waals surface area contributed by atoms with E-state index in [4.69, 9.17) is 5.73 Å². The molecule has 0 saturated carbocycles. The Kier molecular flexibility index (Phi) is 2.81. The van der Waals surface area contributed by atoms with Crippen LogP contribution in [-0.4, -0.2) is 15.2 Å². The number of anilines is 1. The van der Waals surface area contributed by atoms with E-state index in [9.17, 15) is 0 Å². The Labute approximate surface area is 94.6 Å². The van der Waals surface area contributed by atoms with Crippen LogP contribution in [0.15, 0.2) is 24.5 Å². The van der Waals surface area contributed by atoms with Crippen molar-refractivity contribution in [3.05, 3.63) is 46.9 Å². The zero-order valence-electron chi connectivity index (χ0n) is 9.44. The highest BCUT2D eigenvalue weighted by Crippen LogP contribution is 2.16. The Bertz CT molecular complexity index is 494. The van der Waals surface area contributed by atoms with Crippen LogP contribution in [0.5, 0.6) is 0 Å². The van der Waals surface area contributed by atoms with E-state index < -0.39 is 0 Å². The third-order valence-corrected chi connectivity index (χ3v) is 2.75. The van der Waals surface area contributed by atoms with Gasteiger partial charge < -0.3 is 5.73 Å². The van der Waals surface area contributed by atoms with Gasteiger partial charge in [0, 0.05) is 18.8 Å². The van der Waals surface area contributed by atoms with Crippen LogP contribution in [0.3, 0.4) is 0 Å². The van der Waals surface area contributed by atoms with E-state index in [0.29, 0.717) is 5.82 Å². The molecule has 16 heavy (non-hydrogen) atoms. The zero-order valence-corrected chi connectivity index (χ0v) is 9.44. The fourth-order valence-electron chi connectivity index (χ4n) is 1.54. The first kappa shape index (κ1) is 10.5. The van der Waals surface area contributed by atoms with E-state index in [2.05, 4.69) is 15.2 Å². The van der Waals surface area contributed by atoms with E-state index in [1.165, 1.54) is 0 Å². The van der Waals surface area contributed by atoms with E-state index in [0.717, 1.165) is 28.8 Å². The van der Waals surface area contributed by atoms with Gasteiger partial charge in [-0.1, -0.05) is 6.07 Å².